The Morgan fingerprint density at radius 3 is 2.48 bits per heavy atom. The third kappa shape index (κ3) is 3.95. The maximum atomic E-state index is 13.1. The zero-order valence-corrected chi connectivity index (χ0v) is 19.1. The summed E-state index contributed by atoms with van der Waals surface area (Å²) in [5.74, 6) is 1.96. The lowest BCUT2D eigenvalue weighted by Gasteiger charge is -2.29. The van der Waals surface area contributed by atoms with Gasteiger partial charge in [-0.05, 0) is 32.0 Å². The van der Waals surface area contributed by atoms with E-state index in [1.165, 1.54) is 0 Å². The SMILES string of the molecule is CCOC(=O)C1=C(C)Nc2nc(-c3cccnc3)nn2C1c1cc(OC)c(OC)cc1OC. The first-order chi connectivity index (χ1) is 16.0. The van der Waals surface area contributed by atoms with Crippen LogP contribution in [0.4, 0.5) is 5.95 Å². The standard InChI is InChI=1S/C23H25N5O5/c1-6-33-22(29)19-13(2)25-23-26-21(14-8-7-9-24-12-14)27-28(23)20(19)15-10-17(31-4)18(32-5)11-16(15)30-3/h7-12,20H,6H2,1-5H3,(H,25,26,27). The van der Waals surface area contributed by atoms with E-state index < -0.39 is 12.0 Å². The maximum Gasteiger partial charge on any atom is 0.338 e. The summed E-state index contributed by atoms with van der Waals surface area (Å²) >= 11 is 0. The van der Waals surface area contributed by atoms with E-state index in [0.29, 0.717) is 45.9 Å². The van der Waals surface area contributed by atoms with Gasteiger partial charge in [-0.15, -0.1) is 5.10 Å². The summed E-state index contributed by atoms with van der Waals surface area (Å²) in [7, 11) is 4.65. The van der Waals surface area contributed by atoms with Gasteiger partial charge in [-0.1, -0.05) is 0 Å². The van der Waals surface area contributed by atoms with Gasteiger partial charge in [0.05, 0.1) is 33.5 Å². The average Bonchev–Trinajstić information content (AvgIpc) is 3.26. The van der Waals surface area contributed by atoms with Gasteiger partial charge in [0.25, 0.3) is 0 Å². The first-order valence-electron chi connectivity index (χ1n) is 10.3. The van der Waals surface area contributed by atoms with Crippen molar-refractivity contribution in [3.05, 3.63) is 53.5 Å². The molecule has 1 unspecified atom stereocenters. The molecule has 1 aliphatic heterocycles. The summed E-state index contributed by atoms with van der Waals surface area (Å²) in [4.78, 5) is 21.9. The molecule has 33 heavy (non-hydrogen) atoms. The van der Waals surface area contributed by atoms with E-state index in [1.54, 1.807) is 64.4 Å². The summed E-state index contributed by atoms with van der Waals surface area (Å²) in [5, 5.41) is 7.89. The molecule has 1 N–H and O–H groups in total. The molecule has 1 aliphatic rings. The number of nitrogens with one attached hydrogen (secondary N) is 1. The lowest BCUT2D eigenvalue weighted by atomic mass is 9.94. The van der Waals surface area contributed by atoms with Crippen molar-refractivity contribution < 1.29 is 23.7 Å². The number of rotatable bonds is 7. The molecule has 1 atom stereocenters. The second-order valence-electron chi connectivity index (χ2n) is 7.18. The third-order valence-corrected chi connectivity index (χ3v) is 5.30. The minimum Gasteiger partial charge on any atom is -0.496 e. The lowest BCUT2D eigenvalue weighted by molar-refractivity contribution is -0.139. The van der Waals surface area contributed by atoms with Crippen LogP contribution in [-0.2, 0) is 9.53 Å². The number of anilines is 1. The quantitative estimate of drug-likeness (QED) is 0.541. The number of carbonyl (C=O) groups is 1. The van der Waals surface area contributed by atoms with Crippen LogP contribution in [0, 0.1) is 0 Å². The Morgan fingerprint density at radius 2 is 1.85 bits per heavy atom. The van der Waals surface area contributed by atoms with Crippen molar-refractivity contribution >= 4 is 11.9 Å². The predicted molar refractivity (Wildman–Crippen MR) is 120 cm³/mol. The highest BCUT2D eigenvalue weighted by Gasteiger charge is 2.37. The van der Waals surface area contributed by atoms with Gasteiger partial charge in [0.1, 0.15) is 11.8 Å². The molecule has 0 fully saturated rings. The van der Waals surface area contributed by atoms with Crippen LogP contribution in [0.2, 0.25) is 0 Å². The molecule has 0 saturated carbocycles. The third-order valence-electron chi connectivity index (χ3n) is 5.30. The number of pyridine rings is 1. The zero-order chi connectivity index (χ0) is 23.5. The van der Waals surface area contributed by atoms with Crippen LogP contribution in [0.25, 0.3) is 11.4 Å². The Morgan fingerprint density at radius 1 is 1.12 bits per heavy atom. The fourth-order valence-electron chi connectivity index (χ4n) is 3.80. The first-order valence-corrected chi connectivity index (χ1v) is 10.3. The summed E-state index contributed by atoms with van der Waals surface area (Å²) < 4.78 is 23.6. The fourth-order valence-corrected chi connectivity index (χ4v) is 3.80. The molecule has 172 valence electrons. The van der Waals surface area contributed by atoms with Crippen molar-refractivity contribution in [2.45, 2.75) is 19.9 Å². The van der Waals surface area contributed by atoms with E-state index in [4.69, 9.17) is 24.0 Å². The minimum atomic E-state index is -0.687. The van der Waals surface area contributed by atoms with E-state index >= 15 is 0 Å². The molecular weight excluding hydrogens is 426 g/mol. The summed E-state index contributed by atoms with van der Waals surface area (Å²) in [6.45, 7) is 3.79. The number of nitrogens with zero attached hydrogens (tertiary/aromatic N) is 4. The number of fused-ring (bicyclic) bond motifs is 1. The number of carbonyl (C=O) groups excluding carboxylic acids is 1. The molecule has 3 heterocycles. The van der Waals surface area contributed by atoms with Crippen LogP contribution < -0.4 is 19.5 Å². The molecule has 4 rings (SSSR count). The smallest absolute Gasteiger partial charge is 0.338 e. The van der Waals surface area contributed by atoms with Crippen LogP contribution in [0.3, 0.4) is 0 Å². The first kappa shape index (κ1) is 22.1. The highest BCUT2D eigenvalue weighted by Crippen LogP contribution is 2.44. The van der Waals surface area contributed by atoms with Crippen molar-refractivity contribution in [3.63, 3.8) is 0 Å². The Hall–Kier alpha value is -4.08. The van der Waals surface area contributed by atoms with E-state index in [2.05, 4.69) is 15.3 Å². The number of hydrogen-bond acceptors (Lipinski definition) is 9. The molecule has 0 radical (unpaired) electrons. The van der Waals surface area contributed by atoms with Crippen LogP contribution >= 0.6 is 0 Å². The summed E-state index contributed by atoms with van der Waals surface area (Å²) in [6, 6.07) is 6.48. The molecule has 1 aromatic carbocycles. The molecule has 0 aliphatic carbocycles. The highest BCUT2D eigenvalue weighted by molar-refractivity contribution is 5.92. The van der Waals surface area contributed by atoms with E-state index in [1.807, 2.05) is 12.1 Å². The average molecular weight is 451 g/mol. The summed E-state index contributed by atoms with van der Waals surface area (Å²) in [5.41, 5.74) is 2.38. The van der Waals surface area contributed by atoms with Crippen molar-refractivity contribution in [2.24, 2.45) is 0 Å². The van der Waals surface area contributed by atoms with Gasteiger partial charge in [-0.25, -0.2) is 9.48 Å². The largest absolute Gasteiger partial charge is 0.496 e. The monoisotopic (exact) mass is 451 g/mol. The van der Waals surface area contributed by atoms with E-state index in [9.17, 15) is 4.79 Å². The van der Waals surface area contributed by atoms with Crippen LogP contribution in [-0.4, -0.2) is 53.7 Å². The molecule has 10 nitrogen and oxygen atoms in total. The molecule has 0 spiro atoms. The number of benzene rings is 1. The Kier molecular flexibility index (Phi) is 6.16. The number of hydrogen-bond donors (Lipinski definition) is 1. The number of esters is 1. The topological polar surface area (TPSA) is 110 Å². The minimum absolute atomic E-state index is 0.233. The van der Waals surface area contributed by atoms with Crippen LogP contribution in [0.5, 0.6) is 17.2 Å². The normalized spacial score (nSPS) is 14.9. The van der Waals surface area contributed by atoms with E-state index in [0.717, 1.165) is 5.56 Å². The van der Waals surface area contributed by atoms with Crippen LogP contribution in [0.15, 0.2) is 47.9 Å². The fraction of sp³-hybridized carbons (Fsp3) is 0.304. The molecular formula is C23H25N5O5. The van der Waals surface area contributed by atoms with Gasteiger partial charge in [-0.2, -0.15) is 4.98 Å². The second kappa shape index (κ2) is 9.19. The van der Waals surface area contributed by atoms with Gasteiger partial charge in [0, 0.05) is 35.3 Å². The predicted octanol–water partition coefficient (Wildman–Crippen LogP) is 3.22. The van der Waals surface area contributed by atoms with Crippen LogP contribution in [0.1, 0.15) is 25.5 Å². The van der Waals surface area contributed by atoms with Gasteiger partial charge in [0.15, 0.2) is 17.3 Å². The number of methoxy groups -OCH3 is 3. The van der Waals surface area contributed by atoms with Crippen molar-refractivity contribution in [2.75, 3.05) is 33.3 Å². The Bertz CT molecular complexity index is 1210. The van der Waals surface area contributed by atoms with Gasteiger partial charge >= 0.3 is 5.97 Å². The summed E-state index contributed by atoms with van der Waals surface area (Å²) in [6.07, 6.45) is 3.36. The molecule has 3 aromatic rings. The van der Waals surface area contributed by atoms with Crippen molar-refractivity contribution in [1.29, 1.82) is 0 Å². The van der Waals surface area contributed by atoms with E-state index in [-0.39, 0.29) is 6.61 Å². The number of allylic oxidation sites excluding steroid dienone is 1. The zero-order valence-electron chi connectivity index (χ0n) is 19.1. The van der Waals surface area contributed by atoms with Gasteiger partial charge < -0.3 is 24.3 Å². The maximum absolute atomic E-state index is 13.1. The number of ether oxygens (including phenoxy) is 4. The molecule has 0 amide bonds. The molecule has 0 bridgehead atoms. The van der Waals surface area contributed by atoms with Gasteiger partial charge in [0.2, 0.25) is 5.95 Å². The molecule has 0 saturated heterocycles. The Labute approximate surface area is 191 Å². The second-order valence-corrected chi connectivity index (χ2v) is 7.18. The van der Waals surface area contributed by atoms with Crippen molar-refractivity contribution in [3.8, 4) is 28.6 Å². The van der Waals surface area contributed by atoms with Gasteiger partial charge in [-0.3, -0.25) is 4.98 Å². The highest BCUT2D eigenvalue weighted by atomic mass is 16.5. The molecule has 2 aromatic heterocycles. The number of aromatic nitrogens is 4. The molecule has 10 heteroatoms. The Balaban J connectivity index is 1.95. The van der Waals surface area contributed by atoms with Crippen molar-refractivity contribution in [1.82, 2.24) is 19.7 Å². The lowest BCUT2D eigenvalue weighted by Crippen LogP contribution is -2.30.